The summed E-state index contributed by atoms with van der Waals surface area (Å²) in [5.74, 6) is -1.93. The Labute approximate surface area is 187 Å². The van der Waals surface area contributed by atoms with Gasteiger partial charge in [0.25, 0.3) is 0 Å². The fraction of sp³-hybridized carbons (Fsp3) is 0.125. The van der Waals surface area contributed by atoms with E-state index in [-0.39, 0.29) is 25.3 Å². The van der Waals surface area contributed by atoms with E-state index in [1.54, 1.807) is 0 Å². The molecule has 8 heteroatoms. The van der Waals surface area contributed by atoms with Crippen molar-refractivity contribution in [1.29, 1.82) is 0 Å². The maximum atomic E-state index is 13.8. The molecular formula is C24H19F2N3O2S. The van der Waals surface area contributed by atoms with Crippen molar-refractivity contribution in [2.75, 3.05) is 11.9 Å². The smallest absolute Gasteiger partial charge is 0.245 e. The number of amides is 2. The Morgan fingerprint density at radius 1 is 0.938 bits per heavy atom. The van der Waals surface area contributed by atoms with Gasteiger partial charge in [-0.05, 0) is 28.0 Å². The molecule has 0 aliphatic rings. The summed E-state index contributed by atoms with van der Waals surface area (Å²) < 4.78 is 26.8. The van der Waals surface area contributed by atoms with Gasteiger partial charge in [-0.15, -0.1) is 11.3 Å². The number of anilines is 1. The molecule has 0 spiro atoms. The van der Waals surface area contributed by atoms with E-state index in [1.165, 1.54) is 29.7 Å². The van der Waals surface area contributed by atoms with Crippen LogP contribution in [0.5, 0.6) is 0 Å². The number of carbonyl (C=O) groups excluding carboxylic acids is 2. The number of fused-ring (bicyclic) bond motifs is 1. The lowest BCUT2D eigenvalue weighted by Gasteiger charge is -2.08. The molecule has 0 atom stereocenters. The van der Waals surface area contributed by atoms with Gasteiger partial charge in [0.05, 0.1) is 13.0 Å². The van der Waals surface area contributed by atoms with Gasteiger partial charge < -0.3 is 10.6 Å². The summed E-state index contributed by atoms with van der Waals surface area (Å²) in [6.07, 6.45) is 1.93. The van der Waals surface area contributed by atoms with Crippen LogP contribution >= 0.6 is 11.3 Å². The quantitative estimate of drug-likeness (QED) is 0.436. The number of nitrogens with one attached hydrogen (secondary N) is 2. The number of halogens is 2. The van der Waals surface area contributed by atoms with Crippen LogP contribution in [0.25, 0.3) is 10.8 Å². The van der Waals surface area contributed by atoms with Gasteiger partial charge in [-0.1, -0.05) is 48.5 Å². The first-order chi connectivity index (χ1) is 15.5. The fourth-order valence-corrected chi connectivity index (χ4v) is 4.18. The second-order valence-corrected chi connectivity index (χ2v) is 8.30. The van der Waals surface area contributed by atoms with E-state index >= 15 is 0 Å². The summed E-state index contributed by atoms with van der Waals surface area (Å²) in [5, 5.41) is 7.63. The Morgan fingerprint density at radius 3 is 2.59 bits per heavy atom. The number of nitrogens with zero attached hydrogens (tertiary/aromatic N) is 1. The molecule has 4 rings (SSSR count). The lowest BCUT2D eigenvalue weighted by Crippen LogP contribution is -2.33. The van der Waals surface area contributed by atoms with Crippen LogP contribution in [0.15, 0.2) is 66.9 Å². The molecule has 0 saturated heterocycles. The Balaban J connectivity index is 1.29. The van der Waals surface area contributed by atoms with Crippen molar-refractivity contribution in [2.45, 2.75) is 12.8 Å². The van der Waals surface area contributed by atoms with Gasteiger partial charge >= 0.3 is 0 Å². The van der Waals surface area contributed by atoms with Crippen LogP contribution in [0.2, 0.25) is 0 Å². The third-order valence-electron chi connectivity index (χ3n) is 4.86. The van der Waals surface area contributed by atoms with E-state index in [4.69, 9.17) is 0 Å². The minimum Gasteiger partial charge on any atom is -0.347 e. The van der Waals surface area contributed by atoms with Gasteiger partial charge in [0.15, 0.2) is 5.13 Å². The second-order valence-electron chi connectivity index (χ2n) is 7.18. The Morgan fingerprint density at radius 2 is 1.75 bits per heavy atom. The molecule has 32 heavy (non-hydrogen) atoms. The highest BCUT2D eigenvalue weighted by Crippen LogP contribution is 2.23. The number of hydrogen-bond acceptors (Lipinski definition) is 4. The van der Waals surface area contributed by atoms with Gasteiger partial charge in [-0.25, -0.2) is 13.8 Å². The third-order valence-corrected chi connectivity index (χ3v) is 5.77. The Hall–Kier alpha value is -3.65. The molecule has 0 saturated carbocycles. The maximum Gasteiger partial charge on any atom is 0.245 e. The van der Waals surface area contributed by atoms with Gasteiger partial charge in [0.1, 0.15) is 11.6 Å². The second kappa shape index (κ2) is 9.65. The standard InChI is InChI=1S/C24H19F2N3O2S/c25-18-9-8-17(21(26)12-18)10-19-13-28-24(32-19)29-23(31)14-27-22(30)11-16-6-3-5-15-4-1-2-7-20(15)16/h1-9,12-13H,10-11,14H2,(H,27,30)(H,28,29,31). The summed E-state index contributed by atoms with van der Waals surface area (Å²) in [7, 11) is 0. The van der Waals surface area contributed by atoms with Gasteiger partial charge in [0, 0.05) is 23.6 Å². The van der Waals surface area contributed by atoms with Crippen LogP contribution in [0, 0.1) is 11.6 Å². The largest absolute Gasteiger partial charge is 0.347 e. The van der Waals surface area contributed by atoms with Gasteiger partial charge in [-0.3, -0.25) is 9.59 Å². The first kappa shape index (κ1) is 21.6. The van der Waals surface area contributed by atoms with Crippen LogP contribution < -0.4 is 10.6 Å². The number of carbonyl (C=O) groups is 2. The monoisotopic (exact) mass is 451 g/mol. The zero-order valence-electron chi connectivity index (χ0n) is 16.9. The molecule has 0 bridgehead atoms. The van der Waals surface area contributed by atoms with Crippen molar-refractivity contribution in [1.82, 2.24) is 10.3 Å². The minimum absolute atomic E-state index is 0.166. The maximum absolute atomic E-state index is 13.8. The lowest BCUT2D eigenvalue weighted by atomic mass is 10.0. The third kappa shape index (κ3) is 5.33. The summed E-state index contributed by atoms with van der Waals surface area (Å²) >= 11 is 1.19. The van der Waals surface area contributed by atoms with Gasteiger partial charge in [-0.2, -0.15) is 0 Å². The number of aromatic nitrogens is 1. The summed E-state index contributed by atoms with van der Waals surface area (Å²) in [4.78, 5) is 29.3. The van der Waals surface area contributed by atoms with Crippen LogP contribution in [0.3, 0.4) is 0 Å². The van der Waals surface area contributed by atoms with Crippen molar-refractivity contribution in [3.05, 3.63) is 94.5 Å². The van der Waals surface area contributed by atoms with Crippen molar-refractivity contribution in [2.24, 2.45) is 0 Å². The topological polar surface area (TPSA) is 71.1 Å². The Kier molecular flexibility index (Phi) is 6.51. The summed E-state index contributed by atoms with van der Waals surface area (Å²) in [5.41, 5.74) is 1.23. The van der Waals surface area contributed by atoms with Crippen LogP contribution in [-0.4, -0.2) is 23.3 Å². The zero-order valence-corrected chi connectivity index (χ0v) is 17.7. The zero-order chi connectivity index (χ0) is 22.5. The molecule has 0 aliphatic heterocycles. The molecule has 0 fully saturated rings. The molecule has 2 N–H and O–H groups in total. The molecule has 1 heterocycles. The Bertz CT molecular complexity index is 1280. The van der Waals surface area contributed by atoms with E-state index < -0.39 is 17.5 Å². The predicted molar refractivity (Wildman–Crippen MR) is 121 cm³/mol. The molecule has 1 aromatic heterocycles. The minimum atomic E-state index is -0.633. The van der Waals surface area contributed by atoms with Crippen molar-refractivity contribution in [3.63, 3.8) is 0 Å². The highest BCUT2D eigenvalue weighted by Gasteiger charge is 2.12. The number of thiazole rings is 1. The molecule has 162 valence electrons. The molecule has 4 aromatic rings. The molecule has 0 radical (unpaired) electrons. The van der Waals surface area contributed by atoms with E-state index in [0.717, 1.165) is 22.4 Å². The van der Waals surface area contributed by atoms with Crippen LogP contribution in [0.4, 0.5) is 13.9 Å². The normalized spacial score (nSPS) is 10.8. The molecule has 0 aliphatic carbocycles. The highest BCUT2D eigenvalue weighted by atomic mass is 32.1. The first-order valence-corrected chi connectivity index (χ1v) is 10.7. The summed E-state index contributed by atoms with van der Waals surface area (Å²) in [6, 6.07) is 17.0. The molecular weight excluding hydrogens is 432 g/mol. The van der Waals surface area contributed by atoms with E-state index in [2.05, 4.69) is 15.6 Å². The van der Waals surface area contributed by atoms with E-state index in [9.17, 15) is 18.4 Å². The average Bonchev–Trinajstić information content (AvgIpc) is 3.21. The van der Waals surface area contributed by atoms with E-state index in [1.807, 2.05) is 42.5 Å². The van der Waals surface area contributed by atoms with Crippen LogP contribution in [-0.2, 0) is 22.4 Å². The first-order valence-electron chi connectivity index (χ1n) is 9.90. The number of rotatable bonds is 7. The molecule has 0 unspecified atom stereocenters. The molecule has 2 amide bonds. The van der Waals surface area contributed by atoms with E-state index in [0.29, 0.717) is 15.6 Å². The molecule has 3 aromatic carbocycles. The summed E-state index contributed by atoms with van der Waals surface area (Å²) in [6.45, 7) is -0.189. The van der Waals surface area contributed by atoms with Crippen LogP contribution in [0.1, 0.15) is 16.0 Å². The number of benzene rings is 3. The SMILES string of the molecule is O=C(Cc1cccc2ccccc12)NCC(=O)Nc1ncc(Cc2ccc(F)cc2F)s1. The number of hydrogen-bond donors (Lipinski definition) is 2. The fourth-order valence-electron chi connectivity index (χ4n) is 3.32. The predicted octanol–water partition coefficient (Wildman–Crippen LogP) is 4.46. The van der Waals surface area contributed by atoms with Crippen molar-refractivity contribution in [3.8, 4) is 0 Å². The highest BCUT2D eigenvalue weighted by molar-refractivity contribution is 7.15. The van der Waals surface area contributed by atoms with Gasteiger partial charge in [0.2, 0.25) is 11.8 Å². The van der Waals surface area contributed by atoms with Crippen molar-refractivity contribution < 1.29 is 18.4 Å². The average molecular weight is 451 g/mol. The van der Waals surface area contributed by atoms with Crippen molar-refractivity contribution >= 4 is 39.1 Å². The lowest BCUT2D eigenvalue weighted by molar-refractivity contribution is -0.123. The molecule has 5 nitrogen and oxygen atoms in total.